The number of amides is 1. The molecule has 1 aromatic heterocycles. The van der Waals surface area contributed by atoms with Gasteiger partial charge in [0.2, 0.25) is 0 Å². The number of nitrogens with one attached hydrogen (secondary N) is 1. The fourth-order valence-corrected chi connectivity index (χ4v) is 4.45. The summed E-state index contributed by atoms with van der Waals surface area (Å²) in [4.78, 5) is 25.2. The number of halogens is 2. The molecule has 172 valence electrons. The van der Waals surface area contributed by atoms with Gasteiger partial charge in [-0.15, -0.1) is 10.2 Å². The number of carbonyl (C=O) groups is 2. The molecule has 0 saturated carbocycles. The van der Waals surface area contributed by atoms with Crippen LogP contribution in [0, 0.1) is 12.7 Å². The Hall–Kier alpha value is -3.49. The third kappa shape index (κ3) is 5.35. The van der Waals surface area contributed by atoms with Crippen molar-refractivity contribution in [1.29, 1.82) is 0 Å². The molecule has 4 rings (SSSR count). The molecule has 0 unspecified atom stereocenters. The third-order valence-electron chi connectivity index (χ3n) is 4.99. The number of hydrogen-bond donors (Lipinski definition) is 1. The molecule has 0 atom stereocenters. The van der Waals surface area contributed by atoms with E-state index in [4.69, 9.17) is 11.6 Å². The Kier molecular flexibility index (Phi) is 7.40. The zero-order chi connectivity index (χ0) is 24.1. The second-order valence-corrected chi connectivity index (χ2v) is 8.78. The molecule has 1 amide bonds. The first kappa shape index (κ1) is 23.7. The maximum atomic E-state index is 14.1. The number of Topliss-reactive ketones (excluding diaryl/α,β-unsaturated/α-hetero) is 1. The SMILES string of the molecule is Cc1cccc(-n2c(CNC(=O)c3c(F)cccc3Cl)nnc2SCC(=O)c2ccccc2)c1. The fourth-order valence-electron chi connectivity index (χ4n) is 3.33. The van der Waals surface area contributed by atoms with Crippen LogP contribution < -0.4 is 5.32 Å². The number of carbonyl (C=O) groups excluding carboxylic acids is 2. The fraction of sp³-hybridized carbons (Fsp3) is 0.120. The molecule has 34 heavy (non-hydrogen) atoms. The van der Waals surface area contributed by atoms with Crippen LogP contribution in [0.2, 0.25) is 5.02 Å². The van der Waals surface area contributed by atoms with Crippen molar-refractivity contribution >= 4 is 35.1 Å². The number of nitrogens with zero attached hydrogens (tertiary/aromatic N) is 3. The molecular formula is C25H20ClFN4O2S. The standard InChI is InChI=1S/C25H20ClFN4O2S/c1-16-7-5-10-18(13-16)31-22(14-28-24(33)23-19(26)11-6-12-20(23)27)29-30-25(31)34-15-21(32)17-8-3-2-4-9-17/h2-13H,14-15H2,1H3,(H,28,33). The number of ketones is 1. The average molecular weight is 495 g/mol. The summed E-state index contributed by atoms with van der Waals surface area (Å²) in [5.74, 6) is -0.795. The van der Waals surface area contributed by atoms with Gasteiger partial charge in [0, 0.05) is 11.3 Å². The van der Waals surface area contributed by atoms with Gasteiger partial charge in [-0.2, -0.15) is 0 Å². The summed E-state index contributed by atoms with van der Waals surface area (Å²) in [6, 6.07) is 20.8. The van der Waals surface area contributed by atoms with Crippen molar-refractivity contribution in [3.05, 3.63) is 106 Å². The van der Waals surface area contributed by atoms with E-state index in [-0.39, 0.29) is 28.7 Å². The minimum atomic E-state index is -0.708. The molecule has 1 heterocycles. The summed E-state index contributed by atoms with van der Waals surface area (Å²) >= 11 is 7.26. The molecular weight excluding hydrogens is 475 g/mol. The van der Waals surface area contributed by atoms with Crippen LogP contribution in [-0.4, -0.2) is 32.2 Å². The Morgan fingerprint density at radius 2 is 1.79 bits per heavy atom. The lowest BCUT2D eigenvalue weighted by molar-refractivity contribution is 0.0945. The van der Waals surface area contributed by atoms with E-state index in [0.29, 0.717) is 16.5 Å². The Balaban J connectivity index is 1.58. The molecule has 0 aliphatic carbocycles. The first-order valence-corrected chi connectivity index (χ1v) is 11.7. The zero-order valence-electron chi connectivity index (χ0n) is 18.2. The van der Waals surface area contributed by atoms with Crippen molar-refractivity contribution in [2.75, 3.05) is 5.75 Å². The third-order valence-corrected chi connectivity index (χ3v) is 6.23. The lowest BCUT2D eigenvalue weighted by Gasteiger charge is -2.12. The van der Waals surface area contributed by atoms with E-state index < -0.39 is 11.7 Å². The second-order valence-electron chi connectivity index (χ2n) is 7.43. The smallest absolute Gasteiger partial charge is 0.256 e. The van der Waals surface area contributed by atoms with E-state index in [1.165, 1.54) is 30.0 Å². The van der Waals surface area contributed by atoms with Crippen molar-refractivity contribution in [3.8, 4) is 5.69 Å². The minimum Gasteiger partial charge on any atom is -0.345 e. The largest absolute Gasteiger partial charge is 0.345 e. The van der Waals surface area contributed by atoms with Gasteiger partial charge in [-0.1, -0.05) is 71.9 Å². The Labute approximate surface area is 205 Å². The summed E-state index contributed by atoms with van der Waals surface area (Å²) in [5.41, 5.74) is 2.20. The number of rotatable bonds is 8. The van der Waals surface area contributed by atoms with Crippen LogP contribution in [0.15, 0.2) is 78.0 Å². The number of aromatic nitrogens is 3. The van der Waals surface area contributed by atoms with Gasteiger partial charge >= 0.3 is 0 Å². The van der Waals surface area contributed by atoms with Crippen molar-refractivity contribution in [3.63, 3.8) is 0 Å². The Bertz CT molecular complexity index is 1320. The van der Waals surface area contributed by atoms with E-state index >= 15 is 0 Å². The predicted octanol–water partition coefficient (Wildman–Crippen LogP) is 5.27. The molecule has 0 fully saturated rings. The number of thioether (sulfide) groups is 1. The molecule has 0 bridgehead atoms. The van der Waals surface area contributed by atoms with Crippen molar-refractivity contribution in [1.82, 2.24) is 20.1 Å². The van der Waals surface area contributed by atoms with Crippen molar-refractivity contribution in [2.45, 2.75) is 18.6 Å². The molecule has 0 aliphatic rings. The normalized spacial score (nSPS) is 10.8. The molecule has 3 aromatic carbocycles. The number of benzene rings is 3. The monoisotopic (exact) mass is 494 g/mol. The maximum absolute atomic E-state index is 14.1. The molecule has 6 nitrogen and oxygen atoms in total. The predicted molar refractivity (Wildman–Crippen MR) is 130 cm³/mol. The molecule has 1 N–H and O–H groups in total. The van der Waals surface area contributed by atoms with Crippen LogP contribution in [0.4, 0.5) is 4.39 Å². The van der Waals surface area contributed by atoms with Crippen LogP contribution in [0.1, 0.15) is 32.1 Å². The van der Waals surface area contributed by atoms with Gasteiger partial charge in [0.05, 0.1) is 22.9 Å². The van der Waals surface area contributed by atoms with Crippen LogP contribution in [0.5, 0.6) is 0 Å². The first-order valence-electron chi connectivity index (χ1n) is 10.4. The van der Waals surface area contributed by atoms with Gasteiger partial charge < -0.3 is 5.32 Å². The van der Waals surface area contributed by atoms with E-state index in [9.17, 15) is 14.0 Å². The summed E-state index contributed by atoms with van der Waals surface area (Å²) in [5, 5.41) is 11.7. The van der Waals surface area contributed by atoms with Gasteiger partial charge in [-0.3, -0.25) is 14.2 Å². The highest BCUT2D eigenvalue weighted by Crippen LogP contribution is 2.24. The summed E-state index contributed by atoms with van der Waals surface area (Å²) in [7, 11) is 0. The molecule has 0 saturated heterocycles. The highest BCUT2D eigenvalue weighted by Gasteiger charge is 2.20. The van der Waals surface area contributed by atoms with Crippen molar-refractivity contribution in [2.24, 2.45) is 0 Å². The van der Waals surface area contributed by atoms with E-state index in [1.54, 1.807) is 16.7 Å². The highest BCUT2D eigenvalue weighted by molar-refractivity contribution is 7.99. The van der Waals surface area contributed by atoms with Crippen LogP contribution in [0.25, 0.3) is 5.69 Å². The van der Waals surface area contributed by atoms with E-state index in [1.807, 2.05) is 49.4 Å². The van der Waals surface area contributed by atoms with Gasteiger partial charge in [0.15, 0.2) is 16.8 Å². The Morgan fingerprint density at radius 3 is 2.53 bits per heavy atom. The van der Waals surface area contributed by atoms with Gasteiger partial charge in [0.1, 0.15) is 5.82 Å². The van der Waals surface area contributed by atoms with Crippen LogP contribution in [-0.2, 0) is 6.54 Å². The number of aryl methyl sites for hydroxylation is 1. The summed E-state index contributed by atoms with van der Waals surface area (Å²) < 4.78 is 15.9. The van der Waals surface area contributed by atoms with Gasteiger partial charge in [0.25, 0.3) is 5.91 Å². The molecule has 4 aromatic rings. The number of hydrogen-bond acceptors (Lipinski definition) is 5. The molecule has 9 heteroatoms. The second kappa shape index (κ2) is 10.6. The van der Waals surface area contributed by atoms with Crippen LogP contribution in [0.3, 0.4) is 0 Å². The van der Waals surface area contributed by atoms with Crippen LogP contribution >= 0.6 is 23.4 Å². The topological polar surface area (TPSA) is 76.9 Å². The Morgan fingerprint density at radius 1 is 1.03 bits per heavy atom. The average Bonchev–Trinajstić information content (AvgIpc) is 3.24. The van der Waals surface area contributed by atoms with Crippen molar-refractivity contribution < 1.29 is 14.0 Å². The molecule has 0 radical (unpaired) electrons. The first-order chi connectivity index (χ1) is 16.4. The lowest BCUT2D eigenvalue weighted by Crippen LogP contribution is -2.26. The molecule has 0 aliphatic heterocycles. The lowest BCUT2D eigenvalue weighted by atomic mass is 10.2. The van der Waals surface area contributed by atoms with E-state index in [0.717, 1.165) is 11.3 Å². The minimum absolute atomic E-state index is 0.0162. The summed E-state index contributed by atoms with van der Waals surface area (Å²) in [6.07, 6.45) is 0. The summed E-state index contributed by atoms with van der Waals surface area (Å²) in [6.45, 7) is 1.94. The van der Waals surface area contributed by atoms with Gasteiger partial charge in [-0.25, -0.2) is 4.39 Å². The zero-order valence-corrected chi connectivity index (χ0v) is 19.7. The maximum Gasteiger partial charge on any atom is 0.256 e. The van der Waals surface area contributed by atoms with Gasteiger partial charge in [-0.05, 0) is 36.8 Å². The highest BCUT2D eigenvalue weighted by atomic mass is 35.5. The van der Waals surface area contributed by atoms with E-state index in [2.05, 4.69) is 15.5 Å². The quantitative estimate of drug-likeness (QED) is 0.266. The molecule has 0 spiro atoms.